The maximum absolute atomic E-state index is 11.7. The van der Waals surface area contributed by atoms with Crippen molar-refractivity contribution in [2.45, 2.75) is 19.4 Å². The number of hydrogen-bond donors (Lipinski definition) is 0. The molecule has 1 heterocycles. The fraction of sp³-hybridized carbons (Fsp3) is 0.417. The van der Waals surface area contributed by atoms with Crippen molar-refractivity contribution in [1.29, 1.82) is 0 Å². The Balaban J connectivity index is 2.15. The van der Waals surface area contributed by atoms with Gasteiger partial charge in [-0.3, -0.25) is 4.79 Å². The monoisotopic (exact) mass is 239 g/mol. The number of carbonyl (C=O) groups excluding carboxylic acids is 1. The van der Waals surface area contributed by atoms with E-state index >= 15 is 0 Å². The second-order valence-corrected chi connectivity index (χ2v) is 4.50. The van der Waals surface area contributed by atoms with Crippen molar-refractivity contribution in [1.82, 2.24) is 4.90 Å². The lowest BCUT2D eigenvalue weighted by Gasteiger charge is -2.14. The van der Waals surface area contributed by atoms with E-state index in [0.717, 1.165) is 18.5 Å². The average molecular weight is 240 g/mol. The highest BCUT2D eigenvalue weighted by molar-refractivity contribution is 6.30. The molecule has 86 valence electrons. The van der Waals surface area contributed by atoms with E-state index in [0.29, 0.717) is 10.8 Å². The maximum Gasteiger partial charge on any atom is 0.263 e. The Bertz CT molecular complexity index is 419. The molecule has 0 saturated carbocycles. The molecule has 2 rings (SSSR count). The van der Waals surface area contributed by atoms with Crippen LogP contribution < -0.4 is 4.74 Å². The number of likely N-dealkylation sites (tertiary alicyclic amines) is 1. The Morgan fingerprint density at radius 1 is 1.50 bits per heavy atom. The zero-order valence-corrected chi connectivity index (χ0v) is 10.1. The number of amides is 1. The molecule has 0 N–H and O–H groups in total. The molecule has 0 radical (unpaired) electrons. The van der Waals surface area contributed by atoms with Gasteiger partial charge in [0.05, 0.1) is 0 Å². The topological polar surface area (TPSA) is 29.5 Å². The van der Waals surface area contributed by atoms with Crippen LogP contribution in [0.1, 0.15) is 12.0 Å². The van der Waals surface area contributed by atoms with Crippen molar-refractivity contribution in [3.63, 3.8) is 0 Å². The third-order valence-electron chi connectivity index (χ3n) is 2.80. The van der Waals surface area contributed by atoms with Crippen molar-refractivity contribution in [2.24, 2.45) is 0 Å². The van der Waals surface area contributed by atoms with Gasteiger partial charge in [0, 0.05) is 25.0 Å². The molecule has 1 aliphatic rings. The van der Waals surface area contributed by atoms with Crippen LogP contribution in [-0.2, 0) is 4.79 Å². The van der Waals surface area contributed by atoms with Gasteiger partial charge >= 0.3 is 0 Å². The molecule has 0 spiro atoms. The molecule has 1 amide bonds. The summed E-state index contributed by atoms with van der Waals surface area (Å²) in [6, 6.07) is 5.45. The third kappa shape index (κ3) is 2.14. The molecule has 1 atom stereocenters. The van der Waals surface area contributed by atoms with Crippen LogP contribution in [0.3, 0.4) is 0 Å². The summed E-state index contributed by atoms with van der Waals surface area (Å²) in [6.07, 6.45) is 0.378. The van der Waals surface area contributed by atoms with Crippen LogP contribution in [-0.4, -0.2) is 30.5 Å². The van der Waals surface area contributed by atoms with Gasteiger partial charge in [-0.2, -0.15) is 0 Å². The van der Waals surface area contributed by atoms with Crippen molar-refractivity contribution in [3.05, 3.63) is 28.8 Å². The van der Waals surface area contributed by atoms with E-state index in [1.54, 1.807) is 18.0 Å². The minimum Gasteiger partial charge on any atom is -0.480 e. The van der Waals surface area contributed by atoms with Gasteiger partial charge in [0.25, 0.3) is 5.91 Å². The first-order valence-corrected chi connectivity index (χ1v) is 5.63. The van der Waals surface area contributed by atoms with Gasteiger partial charge in [-0.15, -0.1) is 0 Å². The number of hydrogen-bond acceptors (Lipinski definition) is 2. The predicted octanol–water partition coefficient (Wildman–Crippen LogP) is 2.26. The molecular weight excluding hydrogens is 226 g/mol. The Labute approximate surface area is 100.0 Å². The zero-order chi connectivity index (χ0) is 11.7. The number of likely N-dealkylation sites (N-methyl/N-ethyl adjacent to an activating group) is 1. The van der Waals surface area contributed by atoms with Crippen molar-refractivity contribution in [2.75, 3.05) is 13.6 Å². The Morgan fingerprint density at radius 2 is 2.25 bits per heavy atom. The molecule has 1 aromatic rings. The highest BCUT2D eigenvalue weighted by atomic mass is 35.5. The summed E-state index contributed by atoms with van der Waals surface area (Å²) in [5.41, 5.74) is 0.992. The van der Waals surface area contributed by atoms with Gasteiger partial charge in [0.15, 0.2) is 6.10 Å². The van der Waals surface area contributed by atoms with E-state index in [-0.39, 0.29) is 12.0 Å². The number of aryl methyl sites for hydroxylation is 1. The fourth-order valence-corrected chi connectivity index (χ4v) is 1.92. The fourth-order valence-electron chi connectivity index (χ4n) is 1.75. The number of ether oxygens (including phenoxy) is 1. The SMILES string of the molecule is Cc1ccc(Cl)cc1OC1CCN(C)C1=O. The molecule has 1 fully saturated rings. The zero-order valence-electron chi connectivity index (χ0n) is 9.37. The number of halogens is 1. The second-order valence-electron chi connectivity index (χ2n) is 4.06. The number of nitrogens with zero attached hydrogens (tertiary/aromatic N) is 1. The van der Waals surface area contributed by atoms with Crippen molar-refractivity contribution < 1.29 is 9.53 Å². The molecule has 1 aliphatic heterocycles. The second kappa shape index (κ2) is 4.34. The summed E-state index contributed by atoms with van der Waals surface area (Å²) < 4.78 is 5.69. The summed E-state index contributed by atoms with van der Waals surface area (Å²) in [7, 11) is 1.79. The van der Waals surface area contributed by atoms with Gasteiger partial charge in [-0.25, -0.2) is 0 Å². The summed E-state index contributed by atoms with van der Waals surface area (Å²) in [5, 5.41) is 0.624. The van der Waals surface area contributed by atoms with Crippen LogP contribution in [0.5, 0.6) is 5.75 Å². The molecule has 4 heteroatoms. The van der Waals surface area contributed by atoms with Crippen LogP contribution in [0.4, 0.5) is 0 Å². The molecule has 0 bridgehead atoms. The van der Waals surface area contributed by atoms with E-state index in [1.165, 1.54) is 0 Å². The summed E-state index contributed by atoms with van der Waals surface area (Å²) in [6.45, 7) is 2.69. The van der Waals surface area contributed by atoms with E-state index in [4.69, 9.17) is 16.3 Å². The highest BCUT2D eigenvalue weighted by Crippen LogP contribution is 2.25. The summed E-state index contributed by atoms with van der Waals surface area (Å²) in [4.78, 5) is 13.4. The first kappa shape index (κ1) is 11.3. The highest BCUT2D eigenvalue weighted by Gasteiger charge is 2.31. The third-order valence-corrected chi connectivity index (χ3v) is 3.03. The van der Waals surface area contributed by atoms with Crippen LogP contribution in [0, 0.1) is 6.92 Å². The van der Waals surface area contributed by atoms with E-state index in [9.17, 15) is 4.79 Å². The van der Waals surface area contributed by atoms with Crippen LogP contribution in [0.25, 0.3) is 0 Å². The first-order chi connectivity index (χ1) is 7.58. The molecule has 0 aliphatic carbocycles. The quantitative estimate of drug-likeness (QED) is 0.792. The van der Waals surface area contributed by atoms with E-state index < -0.39 is 0 Å². The van der Waals surface area contributed by atoms with Crippen molar-refractivity contribution >= 4 is 17.5 Å². The Hall–Kier alpha value is -1.22. The molecule has 1 unspecified atom stereocenters. The van der Waals surface area contributed by atoms with Crippen LogP contribution in [0.2, 0.25) is 5.02 Å². The first-order valence-electron chi connectivity index (χ1n) is 5.25. The maximum atomic E-state index is 11.7. The number of benzene rings is 1. The van der Waals surface area contributed by atoms with E-state index in [2.05, 4.69) is 0 Å². The standard InChI is InChI=1S/C12H14ClNO2/c1-8-3-4-9(13)7-11(8)16-10-5-6-14(2)12(10)15/h3-4,7,10H,5-6H2,1-2H3. The molecular formula is C12H14ClNO2. The predicted molar refractivity (Wildman–Crippen MR) is 62.9 cm³/mol. The Morgan fingerprint density at radius 3 is 2.88 bits per heavy atom. The van der Waals surface area contributed by atoms with Crippen molar-refractivity contribution in [3.8, 4) is 5.75 Å². The van der Waals surface area contributed by atoms with Gasteiger partial charge in [0.1, 0.15) is 5.75 Å². The normalized spacial score (nSPS) is 20.3. The van der Waals surface area contributed by atoms with Crippen LogP contribution in [0.15, 0.2) is 18.2 Å². The molecule has 0 aromatic heterocycles. The Kier molecular flexibility index (Phi) is 3.06. The smallest absolute Gasteiger partial charge is 0.263 e. The molecule has 16 heavy (non-hydrogen) atoms. The minimum absolute atomic E-state index is 0.0411. The van der Waals surface area contributed by atoms with Gasteiger partial charge in [-0.05, 0) is 24.6 Å². The lowest BCUT2D eigenvalue weighted by molar-refractivity contribution is -0.132. The van der Waals surface area contributed by atoms with Gasteiger partial charge < -0.3 is 9.64 Å². The van der Waals surface area contributed by atoms with Gasteiger partial charge in [0.2, 0.25) is 0 Å². The molecule has 1 saturated heterocycles. The minimum atomic E-state index is -0.359. The average Bonchev–Trinajstić information content (AvgIpc) is 2.55. The number of carbonyl (C=O) groups is 1. The molecule has 1 aromatic carbocycles. The summed E-state index contributed by atoms with van der Waals surface area (Å²) in [5.74, 6) is 0.737. The lowest BCUT2D eigenvalue weighted by atomic mass is 10.2. The lowest BCUT2D eigenvalue weighted by Crippen LogP contribution is -2.29. The summed E-state index contributed by atoms with van der Waals surface area (Å²) >= 11 is 5.89. The van der Waals surface area contributed by atoms with Gasteiger partial charge in [-0.1, -0.05) is 17.7 Å². The van der Waals surface area contributed by atoms with Crippen LogP contribution >= 0.6 is 11.6 Å². The largest absolute Gasteiger partial charge is 0.480 e. The molecule has 3 nitrogen and oxygen atoms in total. The van der Waals surface area contributed by atoms with E-state index in [1.807, 2.05) is 19.1 Å². The number of rotatable bonds is 2.